The molecule has 3 heteroatoms. The van der Waals surface area contributed by atoms with Crippen LogP contribution in [0.3, 0.4) is 0 Å². The fraction of sp³-hybridized carbons (Fsp3) is 0.500. The van der Waals surface area contributed by atoms with Crippen molar-refractivity contribution in [2.45, 2.75) is 19.8 Å². The second-order valence-electron chi connectivity index (χ2n) is 2.85. The fourth-order valence-electron chi connectivity index (χ4n) is 1.03. The van der Waals surface area contributed by atoms with Crippen molar-refractivity contribution >= 4 is 0 Å². The molecule has 0 unspecified atom stereocenters. The van der Waals surface area contributed by atoms with Crippen molar-refractivity contribution in [3.63, 3.8) is 0 Å². The Balaban J connectivity index is 3.28. The minimum Gasteiger partial charge on any atom is -0.300 e. The Morgan fingerprint density at radius 2 is 2.18 bits per heavy atom. The molecule has 0 saturated heterocycles. The van der Waals surface area contributed by atoms with Crippen LogP contribution < -0.4 is 5.56 Å². The lowest BCUT2D eigenvalue weighted by Crippen LogP contribution is -2.21. The molecule has 0 saturated carbocycles. The summed E-state index contributed by atoms with van der Waals surface area (Å²) in [5.41, 5.74) is 0.00343. The van der Waals surface area contributed by atoms with Crippen molar-refractivity contribution < 1.29 is 0 Å². The Morgan fingerprint density at radius 3 is 2.64 bits per heavy atom. The Hall–Kier alpha value is -1.12. The van der Waals surface area contributed by atoms with Crippen molar-refractivity contribution in [2.24, 2.45) is 7.05 Å². The molecule has 3 nitrogen and oxygen atoms in total. The maximum Gasteiger partial charge on any atom is 0.253 e. The van der Waals surface area contributed by atoms with Gasteiger partial charge in [0, 0.05) is 25.2 Å². The maximum absolute atomic E-state index is 11.1. The molecule has 0 bridgehead atoms. The Kier molecular flexibility index (Phi) is 2.08. The van der Waals surface area contributed by atoms with Gasteiger partial charge < -0.3 is 0 Å². The average Bonchev–Trinajstić information content (AvgIpc) is 1.94. The highest BCUT2D eigenvalue weighted by Gasteiger charge is 2.03. The molecular weight excluding hydrogens is 140 g/mol. The first kappa shape index (κ1) is 7.98. The highest BCUT2D eigenvalue weighted by atomic mass is 16.1. The molecule has 1 aromatic rings. The molecule has 0 radical (unpaired) electrons. The summed E-state index contributed by atoms with van der Waals surface area (Å²) < 4.78 is 1.57. The molecule has 0 aliphatic heterocycles. The van der Waals surface area contributed by atoms with Gasteiger partial charge in [-0.1, -0.05) is 13.8 Å². The lowest BCUT2D eigenvalue weighted by molar-refractivity contribution is 0.665. The van der Waals surface area contributed by atoms with E-state index in [-0.39, 0.29) is 5.56 Å². The van der Waals surface area contributed by atoms with Gasteiger partial charge in [-0.05, 0) is 0 Å². The largest absolute Gasteiger partial charge is 0.300 e. The van der Waals surface area contributed by atoms with Gasteiger partial charge in [-0.3, -0.25) is 9.36 Å². The van der Waals surface area contributed by atoms with E-state index in [1.807, 2.05) is 13.8 Å². The van der Waals surface area contributed by atoms with E-state index in [0.717, 1.165) is 5.82 Å². The predicted molar refractivity (Wildman–Crippen MR) is 43.6 cm³/mol. The van der Waals surface area contributed by atoms with Crippen molar-refractivity contribution in [3.8, 4) is 0 Å². The topological polar surface area (TPSA) is 34.9 Å². The average molecular weight is 152 g/mol. The molecule has 0 aromatic carbocycles. The first-order valence-corrected chi connectivity index (χ1v) is 3.65. The number of rotatable bonds is 1. The molecular formula is C8H12N2O. The summed E-state index contributed by atoms with van der Waals surface area (Å²) in [6.45, 7) is 4.03. The van der Waals surface area contributed by atoms with Crippen LogP contribution in [0.25, 0.3) is 0 Å². The van der Waals surface area contributed by atoms with Crippen molar-refractivity contribution in [3.05, 3.63) is 28.4 Å². The quantitative estimate of drug-likeness (QED) is 0.599. The molecule has 0 N–H and O–H groups in total. The molecule has 0 amide bonds. The number of nitrogens with zero attached hydrogens (tertiary/aromatic N) is 2. The second-order valence-corrected chi connectivity index (χ2v) is 2.85. The maximum atomic E-state index is 11.1. The van der Waals surface area contributed by atoms with Crippen molar-refractivity contribution in [2.75, 3.05) is 0 Å². The Bertz CT molecular complexity index is 301. The molecule has 60 valence electrons. The molecule has 0 spiro atoms. The van der Waals surface area contributed by atoms with Crippen molar-refractivity contribution in [1.82, 2.24) is 9.55 Å². The zero-order chi connectivity index (χ0) is 8.43. The summed E-state index contributed by atoms with van der Waals surface area (Å²) in [5.74, 6) is 1.13. The standard InChI is InChI=1S/C8H12N2O/c1-6(2)8-9-5-4-7(11)10(8)3/h4-6H,1-3H3. The molecule has 11 heavy (non-hydrogen) atoms. The minimum atomic E-state index is 0.00343. The van der Waals surface area contributed by atoms with Gasteiger partial charge >= 0.3 is 0 Å². The van der Waals surface area contributed by atoms with Gasteiger partial charge in [-0.15, -0.1) is 0 Å². The molecule has 1 aromatic heterocycles. The first-order valence-electron chi connectivity index (χ1n) is 3.65. The molecule has 1 heterocycles. The van der Waals surface area contributed by atoms with Gasteiger partial charge in [0.25, 0.3) is 5.56 Å². The van der Waals surface area contributed by atoms with Crippen LogP contribution in [0.1, 0.15) is 25.6 Å². The molecule has 0 aliphatic carbocycles. The third-order valence-corrected chi connectivity index (χ3v) is 1.61. The van der Waals surface area contributed by atoms with E-state index < -0.39 is 0 Å². The van der Waals surface area contributed by atoms with Gasteiger partial charge in [0.15, 0.2) is 0 Å². The second kappa shape index (κ2) is 2.86. The summed E-state index contributed by atoms with van der Waals surface area (Å²) >= 11 is 0. The summed E-state index contributed by atoms with van der Waals surface area (Å²) in [7, 11) is 1.74. The number of hydrogen-bond acceptors (Lipinski definition) is 2. The van der Waals surface area contributed by atoms with E-state index in [0.29, 0.717) is 5.92 Å². The monoisotopic (exact) mass is 152 g/mol. The summed E-state index contributed by atoms with van der Waals surface area (Å²) in [4.78, 5) is 15.2. The molecule has 0 fully saturated rings. The molecule has 1 rings (SSSR count). The van der Waals surface area contributed by atoms with Crippen LogP contribution in [0, 0.1) is 0 Å². The highest BCUT2D eigenvalue weighted by molar-refractivity contribution is 4.96. The first-order chi connectivity index (χ1) is 5.13. The van der Waals surface area contributed by atoms with Crippen LogP contribution in [0.15, 0.2) is 17.1 Å². The summed E-state index contributed by atoms with van der Waals surface area (Å²) in [6, 6.07) is 1.46. The number of hydrogen-bond donors (Lipinski definition) is 0. The van der Waals surface area contributed by atoms with Crippen LogP contribution in [0.2, 0.25) is 0 Å². The van der Waals surface area contributed by atoms with E-state index in [2.05, 4.69) is 4.98 Å². The summed E-state index contributed by atoms with van der Waals surface area (Å²) in [5, 5.41) is 0. The van der Waals surface area contributed by atoms with Gasteiger partial charge in [0.1, 0.15) is 5.82 Å². The van der Waals surface area contributed by atoms with Crippen LogP contribution in [-0.4, -0.2) is 9.55 Å². The Morgan fingerprint density at radius 1 is 1.55 bits per heavy atom. The van der Waals surface area contributed by atoms with Crippen LogP contribution in [0.5, 0.6) is 0 Å². The zero-order valence-electron chi connectivity index (χ0n) is 7.03. The van der Waals surface area contributed by atoms with Crippen molar-refractivity contribution in [1.29, 1.82) is 0 Å². The van der Waals surface area contributed by atoms with Gasteiger partial charge in [0.05, 0.1) is 0 Å². The van der Waals surface area contributed by atoms with Gasteiger partial charge in [0.2, 0.25) is 0 Å². The van der Waals surface area contributed by atoms with Gasteiger partial charge in [-0.25, -0.2) is 4.98 Å². The van der Waals surface area contributed by atoms with E-state index in [9.17, 15) is 4.79 Å². The lowest BCUT2D eigenvalue weighted by Gasteiger charge is -2.07. The van der Waals surface area contributed by atoms with Crippen LogP contribution in [0.4, 0.5) is 0 Å². The molecule has 0 atom stereocenters. The fourth-order valence-corrected chi connectivity index (χ4v) is 1.03. The SMILES string of the molecule is CC(C)c1nccc(=O)n1C. The molecule has 0 aliphatic rings. The zero-order valence-corrected chi connectivity index (χ0v) is 7.03. The van der Waals surface area contributed by atoms with Crippen LogP contribution in [-0.2, 0) is 7.05 Å². The van der Waals surface area contributed by atoms with E-state index in [1.54, 1.807) is 17.8 Å². The van der Waals surface area contributed by atoms with E-state index in [1.165, 1.54) is 6.07 Å². The van der Waals surface area contributed by atoms with Crippen LogP contribution >= 0.6 is 0 Å². The van der Waals surface area contributed by atoms with E-state index in [4.69, 9.17) is 0 Å². The lowest BCUT2D eigenvalue weighted by atomic mass is 10.2. The number of aromatic nitrogens is 2. The third kappa shape index (κ3) is 1.48. The van der Waals surface area contributed by atoms with E-state index >= 15 is 0 Å². The normalized spacial score (nSPS) is 10.5. The predicted octanol–water partition coefficient (Wildman–Crippen LogP) is 0.904. The minimum absolute atomic E-state index is 0.00343. The smallest absolute Gasteiger partial charge is 0.253 e. The summed E-state index contributed by atoms with van der Waals surface area (Å²) in [6.07, 6.45) is 1.55. The Labute approximate surface area is 65.7 Å². The highest BCUT2D eigenvalue weighted by Crippen LogP contribution is 2.06. The van der Waals surface area contributed by atoms with Gasteiger partial charge in [-0.2, -0.15) is 0 Å². The third-order valence-electron chi connectivity index (χ3n) is 1.61.